The average molecular weight is 350 g/mol. The summed E-state index contributed by atoms with van der Waals surface area (Å²) in [5.41, 5.74) is 4.47. The van der Waals surface area contributed by atoms with E-state index in [1.54, 1.807) is 4.40 Å². The summed E-state index contributed by atoms with van der Waals surface area (Å²) in [6.45, 7) is 5.29. The Morgan fingerprint density at radius 1 is 1.23 bits per heavy atom. The highest BCUT2D eigenvalue weighted by Crippen LogP contribution is 2.21. The van der Waals surface area contributed by atoms with E-state index in [1.165, 1.54) is 11.1 Å². The van der Waals surface area contributed by atoms with Crippen LogP contribution in [0.25, 0.3) is 5.78 Å². The van der Waals surface area contributed by atoms with E-state index in [0.29, 0.717) is 12.3 Å². The van der Waals surface area contributed by atoms with E-state index in [-0.39, 0.29) is 17.8 Å². The molecule has 1 aliphatic heterocycles. The zero-order valence-electron chi connectivity index (χ0n) is 15.2. The summed E-state index contributed by atoms with van der Waals surface area (Å²) in [5.74, 6) is 0.513. The Kier molecular flexibility index (Phi) is 4.16. The molecule has 0 unspecified atom stereocenters. The Balaban J connectivity index is 1.50. The van der Waals surface area contributed by atoms with Crippen LogP contribution in [0.4, 0.5) is 0 Å². The van der Waals surface area contributed by atoms with Crippen LogP contribution in [0.1, 0.15) is 33.1 Å². The fourth-order valence-electron chi connectivity index (χ4n) is 3.61. The second kappa shape index (κ2) is 6.49. The average Bonchev–Trinajstić information content (AvgIpc) is 3.04. The monoisotopic (exact) mass is 350 g/mol. The van der Waals surface area contributed by atoms with E-state index >= 15 is 0 Å². The molecule has 0 saturated heterocycles. The molecule has 0 saturated carbocycles. The molecule has 3 heterocycles. The zero-order valence-corrected chi connectivity index (χ0v) is 15.2. The Morgan fingerprint density at radius 3 is 2.81 bits per heavy atom. The molecule has 4 rings (SSSR count). The third-order valence-electron chi connectivity index (χ3n) is 5.01. The number of nitrogens with zero attached hydrogens (tertiary/aromatic N) is 5. The van der Waals surface area contributed by atoms with Gasteiger partial charge in [0.2, 0.25) is 5.82 Å². The normalized spacial score (nSPS) is 17.3. The molecular weight excluding hydrogens is 328 g/mol. The molecule has 7 heteroatoms. The zero-order chi connectivity index (χ0) is 18.3. The number of aryl methyl sites for hydroxylation is 2. The van der Waals surface area contributed by atoms with Crippen LogP contribution >= 0.6 is 0 Å². The minimum atomic E-state index is -0.224. The molecule has 7 nitrogen and oxygen atoms in total. The van der Waals surface area contributed by atoms with Crippen molar-refractivity contribution in [2.75, 3.05) is 13.6 Å². The molecule has 134 valence electrons. The lowest BCUT2D eigenvalue weighted by Crippen LogP contribution is -2.45. The standard InChI is InChI=1S/C19H22N6O/c1-12-8-13(2)25-17(22-23-19(25)21-12)18(26)20-10-16-9-14-6-4-5-7-15(14)11-24(16)3/h4-8,16H,9-11H2,1-3H3,(H,20,26)/t16-/m1/s1. The van der Waals surface area contributed by atoms with E-state index < -0.39 is 0 Å². The lowest BCUT2D eigenvalue weighted by molar-refractivity contribution is 0.0922. The van der Waals surface area contributed by atoms with Gasteiger partial charge >= 0.3 is 0 Å². The number of likely N-dealkylation sites (N-methyl/N-ethyl adjacent to an activating group) is 1. The van der Waals surface area contributed by atoms with Crippen LogP contribution in [0.5, 0.6) is 0 Å². The Morgan fingerprint density at radius 2 is 2.00 bits per heavy atom. The summed E-state index contributed by atoms with van der Waals surface area (Å²) in [6.07, 6.45) is 0.924. The summed E-state index contributed by atoms with van der Waals surface area (Å²) < 4.78 is 1.70. The largest absolute Gasteiger partial charge is 0.348 e. The molecular formula is C19H22N6O. The Hall–Kier alpha value is -2.80. The van der Waals surface area contributed by atoms with Crippen molar-refractivity contribution in [3.63, 3.8) is 0 Å². The second-order valence-electron chi connectivity index (χ2n) is 6.95. The second-order valence-corrected chi connectivity index (χ2v) is 6.95. The van der Waals surface area contributed by atoms with Gasteiger partial charge in [-0.05, 0) is 44.5 Å². The van der Waals surface area contributed by atoms with Crippen molar-refractivity contribution in [3.8, 4) is 0 Å². The maximum Gasteiger partial charge on any atom is 0.289 e. The summed E-state index contributed by atoms with van der Waals surface area (Å²) in [7, 11) is 2.09. The van der Waals surface area contributed by atoms with Crippen molar-refractivity contribution in [2.45, 2.75) is 32.9 Å². The lowest BCUT2D eigenvalue weighted by atomic mass is 9.94. The summed E-state index contributed by atoms with van der Waals surface area (Å²) in [6, 6.07) is 10.7. The quantitative estimate of drug-likeness (QED) is 0.775. The van der Waals surface area contributed by atoms with Gasteiger partial charge in [-0.25, -0.2) is 4.98 Å². The number of fused-ring (bicyclic) bond motifs is 2. The van der Waals surface area contributed by atoms with Gasteiger partial charge in [0.25, 0.3) is 11.7 Å². The van der Waals surface area contributed by atoms with Crippen molar-refractivity contribution in [1.82, 2.24) is 29.8 Å². The molecule has 0 aliphatic carbocycles. The van der Waals surface area contributed by atoms with Crippen LogP contribution in [0, 0.1) is 13.8 Å². The summed E-state index contributed by atoms with van der Waals surface area (Å²) in [5, 5.41) is 11.1. The first-order chi connectivity index (χ1) is 12.5. The fourth-order valence-corrected chi connectivity index (χ4v) is 3.61. The van der Waals surface area contributed by atoms with Crippen molar-refractivity contribution in [2.24, 2.45) is 0 Å². The predicted molar refractivity (Wildman–Crippen MR) is 98.0 cm³/mol. The molecule has 1 aromatic carbocycles. The van der Waals surface area contributed by atoms with Crippen molar-refractivity contribution >= 4 is 11.7 Å². The highest BCUT2D eigenvalue weighted by molar-refractivity contribution is 5.91. The highest BCUT2D eigenvalue weighted by atomic mass is 16.2. The smallest absolute Gasteiger partial charge is 0.289 e. The molecule has 3 aromatic rings. The first kappa shape index (κ1) is 16.7. The molecule has 0 bridgehead atoms. The molecule has 26 heavy (non-hydrogen) atoms. The number of hydrogen-bond donors (Lipinski definition) is 1. The van der Waals surface area contributed by atoms with E-state index in [1.807, 2.05) is 19.9 Å². The van der Waals surface area contributed by atoms with Gasteiger partial charge < -0.3 is 5.32 Å². The van der Waals surface area contributed by atoms with Crippen molar-refractivity contribution in [3.05, 3.63) is 58.7 Å². The van der Waals surface area contributed by atoms with Gasteiger partial charge in [-0.3, -0.25) is 14.1 Å². The number of rotatable bonds is 3. The van der Waals surface area contributed by atoms with Gasteiger partial charge in [0, 0.05) is 30.5 Å². The molecule has 0 fully saturated rings. The third kappa shape index (κ3) is 2.94. The van der Waals surface area contributed by atoms with Gasteiger partial charge in [-0.1, -0.05) is 24.3 Å². The SMILES string of the molecule is Cc1cc(C)n2c(C(=O)NC[C@H]3Cc4ccccc4CN3C)nnc2n1. The number of amides is 1. The van der Waals surface area contributed by atoms with E-state index in [2.05, 4.69) is 56.7 Å². The van der Waals surface area contributed by atoms with Crippen LogP contribution in [-0.4, -0.2) is 50.0 Å². The molecule has 0 radical (unpaired) electrons. The molecule has 1 atom stereocenters. The Bertz CT molecular complexity index is 979. The predicted octanol–water partition coefficient (Wildman–Crippen LogP) is 1.53. The van der Waals surface area contributed by atoms with E-state index in [9.17, 15) is 4.79 Å². The van der Waals surface area contributed by atoms with Crippen molar-refractivity contribution < 1.29 is 4.79 Å². The van der Waals surface area contributed by atoms with Gasteiger partial charge in [0.1, 0.15) is 0 Å². The van der Waals surface area contributed by atoms with Crippen molar-refractivity contribution in [1.29, 1.82) is 0 Å². The topological polar surface area (TPSA) is 75.4 Å². The molecule has 0 spiro atoms. The van der Waals surface area contributed by atoms with Crippen LogP contribution in [0.15, 0.2) is 30.3 Å². The highest BCUT2D eigenvalue weighted by Gasteiger charge is 2.24. The van der Waals surface area contributed by atoms with Crippen LogP contribution in [0.3, 0.4) is 0 Å². The number of nitrogens with one attached hydrogen (secondary N) is 1. The maximum atomic E-state index is 12.7. The minimum absolute atomic E-state index is 0.224. The van der Waals surface area contributed by atoms with E-state index in [0.717, 1.165) is 24.4 Å². The summed E-state index contributed by atoms with van der Waals surface area (Å²) in [4.78, 5) is 19.3. The number of carbonyl (C=O) groups is 1. The van der Waals surface area contributed by atoms with Gasteiger partial charge in [0.05, 0.1) is 0 Å². The first-order valence-corrected chi connectivity index (χ1v) is 8.77. The lowest BCUT2D eigenvalue weighted by Gasteiger charge is -2.34. The molecule has 1 N–H and O–H groups in total. The number of carbonyl (C=O) groups excluding carboxylic acids is 1. The van der Waals surface area contributed by atoms with Crippen LogP contribution in [0.2, 0.25) is 0 Å². The molecule has 2 aromatic heterocycles. The fraction of sp³-hybridized carbons (Fsp3) is 0.368. The summed E-state index contributed by atoms with van der Waals surface area (Å²) >= 11 is 0. The maximum absolute atomic E-state index is 12.7. The molecule has 1 amide bonds. The first-order valence-electron chi connectivity index (χ1n) is 8.77. The number of aromatic nitrogens is 4. The number of hydrogen-bond acceptors (Lipinski definition) is 5. The third-order valence-corrected chi connectivity index (χ3v) is 5.01. The van der Waals surface area contributed by atoms with Crippen LogP contribution < -0.4 is 5.32 Å². The van der Waals surface area contributed by atoms with Crippen LogP contribution in [-0.2, 0) is 13.0 Å². The Labute approximate surface area is 152 Å². The van der Waals surface area contributed by atoms with Gasteiger partial charge in [0.15, 0.2) is 0 Å². The minimum Gasteiger partial charge on any atom is -0.348 e. The van der Waals surface area contributed by atoms with Gasteiger partial charge in [-0.15, -0.1) is 10.2 Å². The number of benzene rings is 1. The molecule has 1 aliphatic rings. The van der Waals surface area contributed by atoms with Gasteiger partial charge in [-0.2, -0.15) is 0 Å². The van der Waals surface area contributed by atoms with E-state index in [4.69, 9.17) is 0 Å².